The van der Waals surface area contributed by atoms with Gasteiger partial charge in [0.1, 0.15) is 11.5 Å². The van der Waals surface area contributed by atoms with E-state index in [-0.39, 0.29) is 17.7 Å². The van der Waals surface area contributed by atoms with Crippen LogP contribution in [0.15, 0.2) is 65.1 Å². The Kier molecular flexibility index (Phi) is 4.43. The predicted octanol–water partition coefficient (Wildman–Crippen LogP) is 4.49. The SMILES string of the molecule is O=C(Nc1cccc(-c2cc3c(o2)CCN(C(=O)C2CC2)C3)c1)c1ccccc1. The van der Waals surface area contributed by atoms with Gasteiger partial charge in [0.15, 0.2) is 0 Å². The minimum Gasteiger partial charge on any atom is -0.461 e. The van der Waals surface area contributed by atoms with E-state index in [4.69, 9.17) is 4.42 Å². The van der Waals surface area contributed by atoms with Gasteiger partial charge in [-0.2, -0.15) is 0 Å². The molecule has 1 fully saturated rings. The van der Waals surface area contributed by atoms with Crippen molar-refractivity contribution in [1.29, 1.82) is 0 Å². The first kappa shape index (κ1) is 17.7. The van der Waals surface area contributed by atoms with Gasteiger partial charge < -0.3 is 14.6 Å². The molecule has 0 atom stereocenters. The molecule has 5 rings (SSSR count). The quantitative estimate of drug-likeness (QED) is 0.718. The van der Waals surface area contributed by atoms with Crippen LogP contribution in [0.25, 0.3) is 11.3 Å². The molecule has 0 spiro atoms. The predicted molar refractivity (Wildman–Crippen MR) is 110 cm³/mol. The lowest BCUT2D eigenvalue weighted by Gasteiger charge is -2.26. The van der Waals surface area contributed by atoms with E-state index in [0.29, 0.717) is 12.1 Å². The minimum atomic E-state index is -0.143. The molecule has 1 saturated carbocycles. The van der Waals surface area contributed by atoms with E-state index >= 15 is 0 Å². The van der Waals surface area contributed by atoms with Crippen molar-refractivity contribution in [3.63, 3.8) is 0 Å². The van der Waals surface area contributed by atoms with E-state index in [9.17, 15) is 9.59 Å². The van der Waals surface area contributed by atoms with Gasteiger partial charge in [0.05, 0.1) is 0 Å². The molecular formula is C24H22N2O3. The zero-order valence-corrected chi connectivity index (χ0v) is 16.1. The Morgan fingerprint density at radius 3 is 2.62 bits per heavy atom. The van der Waals surface area contributed by atoms with Crippen molar-refractivity contribution >= 4 is 17.5 Å². The first-order chi connectivity index (χ1) is 14.2. The van der Waals surface area contributed by atoms with Crippen LogP contribution in [0.3, 0.4) is 0 Å². The van der Waals surface area contributed by atoms with Crippen molar-refractivity contribution in [2.24, 2.45) is 5.92 Å². The average molecular weight is 386 g/mol. The number of furan rings is 1. The van der Waals surface area contributed by atoms with Crippen LogP contribution in [-0.4, -0.2) is 23.3 Å². The molecule has 0 saturated heterocycles. The second kappa shape index (κ2) is 7.24. The standard InChI is InChI=1S/C24H22N2O3/c27-23(16-5-2-1-3-6-16)25-20-8-4-7-18(13-20)22-14-19-15-26(12-11-21(19)29-22)24(28)17-9-10-17/h1-8,13-14,17H,9-12,15H2,(H,25,27). The normalized spacial score (nSPS) is 15.7. The number of benzene rings is 2. The summed E-state index contributed by atoms with van der Waals surface area (Å²) in [5, 5.41) is 2.94. The molecule has 2 aliphatic rings. The maximum atomic E-state index is 12.4. The second-order valence-corrected chi connectivity index (χ2v) is 7.74. The van der Waals surface area contributed by atoms with E-state index in [2.05, 4.69) is 5.32 Å². The molecule has 1 N–H and O–H groups in total. The van der Waals surface area contributed by atoms with Crippen LogP contribution < -0.4 is 5.32 Å². The van der Waals surface area contributed by atoms with E-state index < -0.39 is 0 Å². The molecular weight excluding hydrogens is 364 g/mol. The summed E-state index contributed by atoms with van der Waals surface area (Å²) in [6.07, 6.45) is 2.80. The third kappa shape index (κ3) is 3.68. The molecule has 0 bridgehead atoms. The first-order valence-corrected chi connectivity index (χ1v) is 10.0. The molecule has 2 aromatic carbocycles. The Bertz CT molecular complexity index is 1070. The number of carbonyl (C=O) groups excluding carboxylic acids is 2. The fourth-order valence-electron chi connectivity index (χ4n) is 3.79. The number of nitrogens with one attached hydrogen (secondary N) is 1. The van der Waals surface area contributed by atoms with Crippen molar-refractivity contribution in [3.8, 4) is 11.3 Å². The maximum Gasteiger partial charge on any atom is 0.255 e. The Labute approximate surface area is 169 Å². The van der Waals surface area contributed by atoms with Crippen LogP contribution in [0.4, 0.5) is 5.69 Å². The summed E-state index contributed by atoms with van der Waals surface area (Å²) in [6, 6.07) is 18.8. The third-order valence-corrected chi connectivity index (χ3v) is 5.55. The molecule has 2 heterocycles. The third-order valence-electron chi connectivity index (χ3n) is 5.55. The fourth-order valence-corrected chi connectivity index (χ4v) is 3.79. The number of amides is 2. The maximum absolute atomic E-state index is 12.4. The number of anilines is 1. The van der Waals surface area contributed by atoms with Crippen molar-refractivity contribution < 1.29 is 14.0 Å². The first-order valence-electron chi connectivity index (χ1n) is 10.0. The molecule has 1 aliphatic heterocycles. The van der Waals surface area contributed by atoms with Gasteiger partial charge in [-0.3, -0.25) is 9.59 Å². The van der Waals surface area contributed by atoms with E-state index in [1.54, 1.807) is 12.1 Å². The molecule has 1 aliphatic carbocycles. The number of nitrogens with zero attached hydrogens (tertiary/aromatic N) is 1. The summed E-state index contributed by atoms with van der Waals surface area (Å²) in [4.78, 5) is 26.7. The molecule has 5 nitrogen and oxygen atoms in total. The highest BCUT2D eigenvalue weighted by Gasteiger charge is 2.35. The highest BCUT2D eigenvalue weighted by molar-refractivity contribution is 6.04. The van der Waals surface area contributed by atoms with Gasteiger partial charge in [-0.25, -0.2) is 0 Å². The van der Waals surface area contributed by atoms with Crippen molar-refractivity contribution in [2.75, 3.05) is 11.9 Å². The Morgan fingerprint density at radius 2 is 1.83 bits per heavy atom. The van der Waals surface area contributed by atoms with Crippen LogP contribution in [-0.2, 0) is 17.8 Å². The lowest BCUT2D eigenvalue weighted by Crippen LogP contribution is -2.36. The Balaban J connectivity index is 1.34. The summed E-state index contributed by atoms with van der Waals surface area (Å²) in [5.41, 5.74) is 3.33. The lowest BCUT2D eigenvalue weighted by molar-refractivity contribution is -0.133. The molecule has 29 heavy (non-hydrogen) atoms. The van der Waals surface area contributed by atoms with Crippen molar-refractivity contribution in [2.45, 2.75) is 25.8 Å². The van der Waals surface area contributed by atoms with E-state index in [1.807, 2.05) is 53.4 Å². The molecule has 146 valence electrons. The topological polar surface area (TPSA) is 62.6 Å². The van der Waals surface area contributed by atoms with Gasteiger partial charge in [-0.05, 0) is 43.2 Å². The molecule has 3 aromatic rings. The summed E-state index contributed by atoms with van der Waals surface area (Å²) in [5.74, 6) is 2.11. The van der Waals surface area contributed by atoms with Crippen LogP contribution in [0, 0.1) is 5.92 Å². The van der Waals surface area contributed by atoms with Crippen LogP contribution in [0.2, 0.25) is 0 Å². The average Bonchev–Trinajstić information content (AvgIpc) is 3.52. The number of hydrogen-bond acceptors (Lipinski definition) is 3. The summed E-state index contributed by atoms with van der Waals surface area (Å²) in [7, 11) is 0. The van der Waals surface area contributed by atoms with Crippen LogP contribution in [0.1, 0.15) is 34.5 Å². The molecule has 0 radical (unpaired) electrons. The second-order valence-electron chi connectivity index (χ2n) is 7.74. The van der Waals surface area contributed by atoms with Gasteiger partial charge in [0.2, 0.25) is 5.91 Å². The number of rotatable bonds is 4. The molecule has 5 heteroatoms. The van der Waals surface area contributed by atoms with Crippen LogP contribution in [0.5, 0.6) is 0 Å². The number of hydrogen-bond donors (Lipinski definition) is 1. The monoisotopic (exact) mass is 386 g/mol. The summed E-state index contributed by atoms with van der Waals surface area (Å²) >= 11 is 0. The zero-order valence-electron chi connectivity index (χ0n) is 16.1. The van der Waals surface area contributed by atoms with E-state index in [1.165, 1.54) is 0 Å². The van der Waals surface area contributed by atoms with E-state index in [0.717, 1.165) is 54.1 Å². The fraction of sp³-hybridized carbons (Fsp3) is 0.250. The minimum absolute atomic E-state index is 0.143. The van der Waals surface area contributed by atoms with Crippen molar-refractivity contribution in [1.82, 2.24) is 4.90 Å². The van der Waals surface area contributed by atoms with Gasteiger partial charge >= 0.3 is 0 Å². The van der Waals surface area contributed by atoms with Gasteiger partial charge in [-0.15, -0.1) is 0 Å². The largest absolute Gasteiger partial charge is 0.461 e. The highest BCUT2D eigenvalue weighted by atomic mass is 16.3. The molecule has 0 unspecified atom stereocenters. The smallest absolute Gasteiger partial charge is 0.255 e. The molecule has 1 aromatic heterocycles. The van der Waals surface area contributed by atoms with Gasteiger partial charge in [-0.1, -0.05) is 30.3 Å². The highest BCUT2D eigenvalue weighted by Crippen LogP contribution is 2.35. The number of carbonyl (C=O) groups is 2. The van der Waals surface area contributed by atoms with Gasteiger partial charge in [0, 0.05) is 47.8 Å². The number of fused-ring (bicyclic) bond motifs is 1. The lowest BCUT2D eigenvalue weighted by atomic mass is 10.1. The Hall–Kier alpha value is -3.34. The Morgan fingerprint density at radius 1 is 1.00 bits per heavy atom. The van der Waals surface area contributed by atoms with Crippen LogP contribution >= 0.6 is 0 Å². The zero-order chi connectivity index (χ0) is 19.8. The molecule has 2 amide bonds. The summed E-state index contributed by atoms with van der Waals surface area (Å²) in [6.45, 7) is 1.35. The van der Waals surface area contributed by atoms with Gasteiger partial charge in [0.25, 0.3) is 5.91 Å². The summed E-state index contributed by atoms with van der Waals surface area (Å²) < 4.78 is 6.09. The van der Waals surface area contributed by atoms with Crippen molar-refractivity contribution in [3.05, 3.63) is 77.6 Å².